The van der Waals surface area contributed by atoms with E-state index in [4.69, 9.17) is 4.42 Å². The lowest BCUT2D eigenvalue weighted by Gasteiger charge is -2.34. The number of carbonyl (C=O) groups excluding carboxylic acids is 2. The lowest BCUT2D eigenvalue weighted by molar-refractivity contribution is -0.130. The largest absolute Gasteiger partial charge is 0.457 e. The van der Waals surface area contributed by atoms with Crippen LogP contribution in [-0.4, -0.2) is 53.0 Å². The van der Waals surface area contributed by atoms with E-state index in [-0.39, 0.29) is 11.8 Å². The molecule has 2 aliphatic rings. The second-order valence-corrected chi connectivity index (χ2v) is 8.44. The number of piperazine rings is 1. The van der Waals surface area contributed by atoms with Crippen LogP contribution in [0.3, 0.4) is 0 Å². The Kier molecular flexibility index (Phi) is 5.41. The molecule has 2 aliphatic heterocycles. The van der Waals surface area contributed by atoms with Gasteiger partial charge in [0.2, 0.25) is 5.91 Å². The zero-order valence-electron chi connectivity index (χ0n) is 15.2. The first-order valence-corrected chi connectivity index (χ1v) is 10.5. The lowest BCUT2D eigenvalue weighted by Crippen LogP contribution is -2.49. The minimum absolute atomic E-state index is 0.0803. The summed E-state index contributed by atoms with van der Waals surface area (Å²) in [6.45, 7) is 4.24. The Balaban J connectivity index is 1.44. The number of halogens is 1. The van der Waals surface area contributed by atoms with Gasteiger partial charge in [0.25, 0.3) is 5.91 Å². The molecule has 0 atom stereocenters. The zero-order valence-corrected chi connectivity index (χ0v) is 17.6. The Morgan fingerprint density at radius 1 is 1.14 bits per heavy atom. The van der Waals surface area contributed by atoms with Crippen molar-refractivity contribution in [2.75, 3.05) is 26.2 Å². The molecule has 0 bridgehead atoms. The van der Waals surface area contributed by atoms with Crippen molar-refractivity contribution in [3.05, 3.63) is 51.5 Å². The van der Waals surface area contributed by atoms with Crippen LogP contribution in [0.1, 0.15) is 12.7 Å². The highest BCUT2D eigenvalue weighted by Gasteiger charge is 2.29. The summed E-state index contributed by atoms with van der Waals surface area (Å²) in [5.41, 5.74) is 0.971. The van der Waals surface area contributed by atoms with Crippen LogP contribution in [0.25, 0.3) is 17.4 Å². The second-order valence-electron chi connectivity index (χ2n) is 6.51. The summed E-state index contributed by atoms with van der Waals surface area (Å²) in [6, 6.07) is 11.6. The predicted octanol–water partition coefficient (Wildman–Crippen LogP) is 3.84. The molecule has 3 heterocycles. The molecule has 2 amide bonds. The maximum absolute atomic E-state index is 12.3. The average molecular weight is 460 g/mol. The Morgan fingerprint density at radius 2 is 1.86 bits per heavy atom. The quantitative estimate of drug-likeness (QED) is 0.638. The summed E-state index contributed by atoms with van der Waals surface area (Å²) in [6.07, 6.45) is 1.73. The van der Waals surface area contributed by atoms with Crippen molar-refractivity contribution in [2.24, 2.45) is 4.99 Å². The third-order valence-electron chi connectivity index (χ3n) is 4.63. The summed E-state index contributed by atoms with van der Waals surface area (Å²) in [4.78, 5) is 32.3. The Morgan fingerprint density at radius 3 is 2.54 bits per heavy atom. The molecule has 28 heavy (non-hydrogen) atoms. The van der Waals surface area contributed by atoms with E-state index in [1.165, 1.54) is 11.8 Å². The highest BCUT2D eigenvalue weighted by atomic mass is 79.9. The van der Waals surface area contributed by atoms with Crippen molar-refractivity contribution >= 4 is 50.7 Å². The van der Waals surface area contributed by atoms with Crippen LogP contribution in [0, 0.1) is 0 Å². The molecule has 4 rings (SSSR count). The van der Waals surface area contributed by atoms with E-state index in [0.717, 1.165) is 15.8 Å². The number of amidine groups is 1. The fourth-order valence-electron chi connectivity index (χ4n) is 3.07. The van der Waals surface area contributed by atoms with E-state index < -0.39 is 0 Å². The molecule has 0 radical (unpaired) electrons. The fourth-order valence-corrected chi connectivity index (χ4v) is 4.28. The van der Waals surface area contributed by atoms with Gasteiger partial charge in [-0.05, 0) is 36.0 Å². The van der Waals surface area contributed by atoms with E-state index in [9.17, 15) is 9.59 Å². The van der Waals surface area contributed by atoms with Crippen LogP contribution >= 0.6 is 27.7 Å². The SMILES string of the molecule is CC(=O)N1CCN(C2=NC(=O)/C(=C/c3ccc(-c4ccc(Br)cc4)o3)S2)CC1. The van der Waals surface area contributed by atoms with Crippen LogP contribution in [0.15, 0.2) is 55.2 Å². The third-order valence-corrected chi connectivity index (χ3v) is 6.21. The van der Waals surface area contributed by atoms with Gasteiger partial charge in [-0.2, -0.15) is 4.99 Å². The van der Waals surface area contributed by atoms with E-state index in [1.54, 1.807) is 13.0 Å². The number of aliphatic imine (C=N–C) groups is 1. The molecule has 0 unspecified atom stereocenters. The minimum Gasteiger partial charge on any atom is -0.457 e. The maximum Gasteiger partial charge on any atom is 0.286 e. The summed E-state index contributed by atoms with van der Waals surface area (Å²) in [7, 11) is 0. The first-order valence-electron chi connectivity index (χ1n) is 8.88. The van der Waals surface area contributed by atoms with Gasteiger partial charge in [0.1, 0.15) is 11.5 Å². The van der Waals surface area contributed by atoms with Gasteiger partial charge in [0.15, 0.2) is 5.17 Å². The number of carbonyl (C=O) groups is 2. The molecule has 0 N–H and O–H groups in total. The smallest absolute Gasteiger partial charge is 0.286 e. The standard InChI is InChI=1S/C20H18BrN3O3S/c1-13(25)23-8-10-24(11-9-23)20-22-19(26)18(28-20)12-16-6-7-17(27-16)14-2-4-15(21)5-3-14/h2-7,12H,8-11H2,1H3/b18-12-. The second kappa shape index (κ2) is 7.97. The lowest BCUT2D eigenvalue weighted by atomic mass is 10.2. The highest BCUT2D eigenvalue weighted by molar-refractivity contribution is 9.10. The molecule has 0 spiro atoms. The molecule has 1 aromatic heterocycles. The third kappa shape index (κ3) is 4.07. The molecule has 0 aliphatic carbocycles. The molecule has 0 saturated carbocycles. The summed E-state index contributed by atoms with van der Waals surface area (Å²) >= 11 is 4.78. The summed E-state index contributed by atoms with van der Waals surface area (Å²) in [5, 5.41) is 0.694. The van der Waals surface area contributed by atoms with Crippen molar-refractivity contribution in [3.8, 4) is 11.3 Å². The monoisotopic (exact) mass is 459 g/mol. The molecule has 1 saturated heterocycles. The van der Waals surface area contributed by atoms with Crippen molar-refractivity contribution in [1.82, 2.24) is 9.80 Å². The van der Waals surface area contributed by atoms with E-state index in [0.29, 0.717) is 42.0 Å². The number of hydrogen-bond acceptors (Lipinski definition) is 5. The number of amides is 2. The molecule has 144 valence electrons. The van der Waals surface area contributed by atoms with E-state index in [1.807, 2.05) is 41.3 Å². The molecule has 6 nitrogen and oxygen atoms in total. The number of nitrogens with zero attached hydrogens (tertiary/aromatic N) is 3. The predicted molar refractivity (Wildman–Crippen MR) is 114 cm³/mol. The molecular formula is C20H18BrN3O3S. The highest BCUT2D eigenvalue weighted by Crippen LogP contribution is 2.32. The van der Waals surface area contributed by atoms with E-state index >= 15 is 0 Å². The summed E-state index contributed by atoms with van der Waals surface area (Å²) < 4.78 is 6.88. The fraction of sp³-hybridized carbons (Fsp3) is 0.250. The number of thioether (sulfide) groups is 1. The molecule has 8 heteroatoms. The maximum atomic E-state index is 12.3. The molecule has 2 aromatic rings. The number of benzene rings is 1. The van der Waals surface area contributed by atoms with Gasteiger partial charge in [-0.3, -0.25) is 9.59 Å². The first-order chi connectivity index (χ1) is 13.5. The van der Waals surface area contributed by atoms with Gasteiger partial charge in [-0.1, -0.05) is 28.1 Å². The molecular weight excluding hydrogens is 442 g/mol. The average Bonchev–Trinajstić information content (AvgIpc) is 3.30. The van der Waals surface area contributed by atoms with Crippen LogP contribution in [0.4, 0.5) is 0 Å². The van der Waals surface area contributed by atoms with Crippen LogP contribution < -0.4 is 0 Å². The van der Waals surface area contributed by atoms with Gasteiger partial charge in [0.05, 0.1) is 4.91 Å². The summed E-state index contributed by atoms with van der Waals surface area (Å²) in [5.74, 6) is 1.19. The van der Waals surface area contributed by atoms with Crippen LogP contribution in [0.2, 0.25) is 0 Å². The van der Waals surface area contributed by atoms with Gasteiger partial charge in [-0.15, -0.1) is 0 Å². The number of rotatable bonds is 2. The van der Waals surface area contributed by atoms with Crippen molar-refractivity contribution < 1.29 is 14.0 Å². The van der Waals surface area contributed by atoms with Crippen molar-refractivity contribution in [3.63, 3.8) is 0 Å². The zero-order chi connectivity index (χ0) is 19.7. The van der Waals surface area contributed by atoms with Crippen molar-refractivity contribution in [1.29, 1.82) is 0 Å². The minimum atomic E-state index is -0.254. The molecule has 1 fully saturated rings. The Hall–Kier alpha value is -2.32. The van der Waals surface area contributed by atoms with Gasteiger partial charge in [0, 0.05) is 49.2 Å². The van der Waals surface area contributed by atoms with Gasteiger partial charge in [-0.25, -0.2) is 0 Å². The Labute approximate surface area is 175 Å². The van der Waals surface area contributed by atoms with Crippen LogP contribution in [0.5, 0.6) is 0 Å². The van der Waals surface area contributed by atoms with Crippen LogP contribution in [-0.2, 0) is 9.59 Å². The normalized spacial score (nSPS) is 18.7. The van der Waals surface area contributed by atoms with Gasteiger partial charge < -0.3 is 14.2 Å². The molecule has 1 aromatic carbocycles. The first kappa shape index (κ1) is 19.0. The van der Waals surface area contributed by atoms with Gasteiger partial charge >= 0.3 is 0 Å². The topological polar surface area (TPSA) is 66.1 Å². The van der Waals surface area contributed by atoms with E-state index in [2.05, 4.69) is 25.8 Å². The number of furan rings is 1. The van der Waals surface area contributed by atoms with Crippen molar-refractivity contribution in [2.45, 2.75) is 6.92 Å². The Bertz CT molecular complexity index is 973. The number of hydrogen-bond donors (Lipinski definition) is 0.